The molecular weight excluding hydrogens is 494 g/mol. The molecule has 194 valence electrons. The molecule has 0 atom stereocenters. The number of hydrogen-bond donors (Lipinski definition) is 0. The van der Waals surface area contributed by atoms with Crippen molar-refractivity contribution < 1.29 is 37.4 Å². The van der Waals surface area contributed by atoms with Crippen LogP contribution in [0.15, 0.2) is 97.1 Å². The predicted octanol–water partition coefficient (Wildman–Crippen LogP) is 7.18. The number of carbonyl (C=O) groups is 3. The first kappa shape index (κ1) is 27.7. The highest BCUT2D eigenvalue weighted by Crippen LogP contribution is 2.23. The topological polar surface area (TPSA) is 78.9 Å². The van der Waals surface area contributed by atoms with Crippen molar-refractivity contribution in [3.63, 3.8) is 0 Å². The highest BCUT2D eigenvalue weighted by Gasteiger charge is 2.12. The van der Waals surface area contributed by atoms with Crippen molar-refractivity contribution in [1.29, 1.82) is 0 Å². The van der Waals surface area contributed by atoms with Crippen molar-refractivity contribution in [3.05, 3.63) is 120 Å². The number of rotatable bonds is 8. The predicted molar refractivity (Wildman–Crippen MR) is 137 cm³/mol. The number of ether oxygens (including phenoxy) is 3. The molecule has 4 aromatic carbocycles. The van der Waals surface area contributed by atoms with E-state index >= 15 is 0 Å². The number of methoxy groups -OCH3 is 1. The summed E-state index contributed by atoms with van der Waals surface area (Å²) in [7, 11) is 1.23. The van der Waals surface area contributed by atoms with Crippen molar-refractivity contribution in [2.24, 2.45) is 0 Å². The molecule has 0 spiro atoms. The number of ketones is 2. The average molecular weight is 519 g/mol. The first-order valence-electron chi connectivity index (χ1n) is 11.4. The fraction of sp³-hybridized carbons (Fsp3) is 0.100. The second kappa shape index (κ2) is 13.5. The first-order valence-corrected chi connectivity index (χ1v) is 11.4. The van der Waals surface area contributed by atoms with Crippen LogP contribution < -0.4 is 9.47 Å². The summed E-state index contributed by atoms with van der Waals surface area (Å²) < 4.78 is 40.9. The van der Waals surface area contributed by atoms with E-state index in [1.54, 1.807) is 60.7 Å². The van der Waals surface area contributed by atoms with Crippen LogP contribution in [-0.2, 0) is 9.53 Å². The van der Waals surface area contributed by atoms with Crippen LogP contribution in [0.3, 0.4) is 0 Å². The number of esters is 1. The number of carbonyl (C=O) groups excluding carboxylic acids is 3. The second-order valence-corrected chi connectivity index (χ2v) is 7.89. The zero-order valence-corrected chi connectivity index (χ0v) is 20.7. The molecule has 6 nitrogen and oxygen atoms in total. The third-order valence-corrected chi connectivity index (χ3v) is 5.07. The average Bonchev–Trinajstić information content (AvgIpc) is 2.92. The van der Waals surface area contributed by atoms with Gasteiger partial charge in [-0.25, -0.2) is 8.78 Å². The van der Waals surface area contributed by atoms with Crippen LogP contribution >= 0.6 is 0 Å². The maximum atomic E-state index is 12.8. The van der Waals surface area contributed by atoms with E-state index in [0.717, 1.165) is 0 Å². The van der Waals surface area contributed by atoms with Gasteiger partial charge in [-0.3, -0.25) is 14.4 Å². The van der Waals surface area contributed by atoms with Crippen LogP contribution in [0.5, 0.6) is 23.0 Å². The number of Topliss-reactive ketones (excluding diaryl/α,β-unsaturated/α-hetero) is 2. The molecule has 0 saturated carbocycles. The molecule has 0 aliphatic heterocycles. The molecule has 0 heterocycles. The van der Waals surface area contributed by atoms with E-state index in [4.69, 9.17) is 9.47 Å². The van der Waals surface area contributed by atoms with Gasteiger partial charge in [0.1, 0.15) is 41.1 Å². The van der Waals surface area contributed by atoms with Gasteiger partial charge in [-0.2, -0.15) is 0 Å². The van der Waals surface area contributed by atoms with Crippen LogP contribution in [0.25, 0.3) is 0 Å². The SMILES string of the molecule is CC(=O)c1ccc(Oc2ccc(F)cc2)cc1.COC(=O)CC(=O)c1ccc(Oc2ccc(F)cc2)cc1. The maximum absolute atomic E-state index is 12.8. The lowest BCUT2D eigenvalue weighted by atomic mass is 10.1. The van der Waals surface area contributed by atoms with E-state index < -0.39 is 5.97 Å². The quantitative estimate of drug-likeness (QED) is 0.140. The Morgan fingerprint density at radius 2 is 0.921 bits per heavy atom. The summed E-state index contributed by atoms with van der Waals surface area (Å²) in [6.45, 7) is 1.51. The fourth-order valence-electron chi connectivity index (χ4n) is 3.05. The Balaban J connectivity index is 0.000000215. The van der Waals surface area contributed by atoms with Gasteiger partial charge in [-0.15, -0.1) is 0 Å². The molecule has 0 aromatic heterocycles. The molecule has 0 bridgehead atoms. The Morgan fingerprint density at radius 3 is 1.26 bits per heavy atom. The van der Waals surface area contributed by atoms with Crippen LogP contribution in [0, 0.1) is 11.6 Å². The first-order chi connectivity index (χ1) is 18.2. The zero-order chi connectivity index (χ0) is 27.5. The summed E-state index contributed by atoms with van der Waals surface area (Å²) in [6.07, 6.45) is -0.297. The summed E-state index contributed by atoms with van der Waals surface area (Å²) in [5.41, 5.74) is 1.03. The van der Waals surface area contributed by atoms with Gasteiger partial charge >= 0.3 is 5.97 Å². The molecule has 8 heteroatoms. The molecule has 0 aliphatic carbocycles. The Morgan fingerprint density at radius 1 is 0.579 bits per heavy atom. The Bertz CT molecular complexity index is 1360. The van der Waals surface area contributed by atoms with E-state index in [1.807, 2.05) is 0 Å². The Kier molecular flexibility index (Phi) is 9.82. The van der Waals surface area contributed by atoms with Gasteiger partial charge < -0.3 is 14.2 Å². The standard InChI is InChI=1S/C16H13FO4.C14H11FO2/c1-20-16(19)10-15(18)11-2-6-13(7-3-11)21-14-8-4-12(17)5-9-14;1-10(16)11-2-6-13(7-3-11)17-14-8-4-12(15)5-9-14/h2-9H,10H2,1H3;2-9H,1H3. The third kappa shape index (κ3) is 8.67. The van der Waals surface area contributed by atoms with Gasteiger partial charge in [0.15, 0.2) is 11.6 Å². The van der Waals surface area contributed by atoms with Crippen molar-refractivity contribution in [3.8, 4) is 23.0 Å². The normalized spacial score (nSPS) is 10.0. The molecule has 0 saturated heterocycles. The minimum atomic E-state index is -0.577. The molecule has 0 aliphatic rings. The summed E-state index contributed by atoms with van der Waals surface area (Å²) >= 11 is 0. The van der Waals surface area contributed by atoms with Gasteiger partial charge in [0.05, 0.1) is 7.11 Å². The molecule has 0 N–H and O–H groups in total. The molecule has 0 fully saturated rings. The summed E-state index contributed by atoms with van der Waals surface area (Å²) in [5, 5.41) is 0. The molecule has 0 unspecified atom stereocenters. The third-order valence-electron chi connectivity index (χ3n) is 5.07. The molecule has 0 radical (unpaired) electrons. The van der Waals surface area contributed by atoms with Gasteiger partial charge in [-0.05, 0) is 104 Å². The summed E-state index contributed by atoms with van der Waals surface area (Å²) in [5.74, 6) is 0.639. The van der Waals surface area contributed by atoms with Gasteiger partial charge in [0.2, 0.25) is 0 Å². The highest BCUT2D eigenvalue weighted by atomic mass is 19.1. The minimum absolute atomic E-state index is 0.0123. The van der Waals surface area contributed by atoms with Gasteiger partial charge in [0, 0.05) is 11.1 Å². The van der Waals surface area contributed by atoms with Crippen LogP contribution in [0.4, 0.5) is 8.78 Å². The molecule has 4 rings (SSSR count). The monoisotopic (exact) mass is 518 g/mol. The summed E-state index contributed by atoms with van der Waals surface area (Å²) in [4.78, 5) is 33.8. The lowest BCUT2D eigenvalue weighted by Gasteiger charge is -2.06. The van der Waals surface area contributed by atoms with E-state index in [-0.39, 0.29) is 29.6 Å². The maximum Gasteiger partial charge on any atom is 0.313 e. The number of hydrogen-bond acceptors (Lipinski definition) is 6. The lowest BCUT2D eigenvalue weighted by molar-refractivity contribution is -0.139. The van der Waals surface area contributed by atoms with Crippen molar-refractivity contribution in [2.75, 3.05) is 7.11 Å². The van der Waals surface area contributed by atoms with Gasteiger partial charge in [-0.1, -0.05) is 0 Å². The molecule has 38 heavy (non-hydrogen) atoms. The van der Waals surface area contributed by atoms with Crippen molar-refractivity contribution >= 4 is 17.5 Å². The van der Waals surface area contributed by atoms with Crippen molar-refractivity contribution in [1.82, 2.24) is 0 Å². The Hall–Kier alpha value is -4.85. The van der Waals surface area contributed by atoms with Gasteiger partial charge in [0.25, 0.3) is 0 Å². The minimum Gasteiger partial charge on any atom is -0.469 e. The van der Waals surface area contributed by atoms with Crippen LogP contribution in [0.2, 0.25) is 0 Å². The fourth-order valence-corrected chi connectivity index (χ4v) is 3.05. The number of halogens is 2. The van der Waals surface area contributed by atoms with E-state index in [1.165, 1.54) is 50.4 Å². The highest BCUT2D eigenvalue weighted by molar-refractivity contribution is 6.05. The lowest BCUT2D eigenvalue weighted by Crippen LogP contribution is -2.09. The van der Waals surface area contributed by atoms with Crippen LogP contribution in [0.1, 0.15) is 34.1 Å². The number of benzene rings is 4. The van der Waals surface area contributed by atoms with E-state index in [2.05, 4.69) is 4.74 Å². The summed E-state index contributed by atoms with van der Waals surface area (Å²) in [6, 6.07) is 24.5. The second-order valence-electron chi connectivity index (χ2n) is 7.89. The largest absolute Gasteiger partial charge is 0.469 e. The Labute approximate surface area is 218 Å². The van der Waals surface area contributed by atoms with Crippen LogP contribution in [-0.4, -0.2) is 24.6 Å². The van der Waals surface area contributed by atoms with E-state index in [0.29, 0.717) is 34.1 Å². The zero-order valence-electron chi connectivity index (χ0n) is 20.7. The molecule has 4 aromatic rings. The van der Waals surface area contributed by atoms with E-state index in [9.17, 15) is 23.2 Å². The smallest absolute Gasteiger partial charge is 0.313 e. The van der Waals surface area contributed by atoms with Crippen molar-refractivity contribution in [2.45, 2.75) is 13.3 Å². The molecule has 0 amide bonds. The molecular formula is C30H24F2O6.